The van der Waals surface area contributed by atoms with Gasteiger partial charge in [-0.3, -0.25) is 14.7 Å². The van der Waals surface area contributed by atoms with Crippen molar-refractivity contribution in [2.24, 2.45) is 10.8 Å². The van der Waals surface area contributed by atoms with Crippen molar-refractivity contribution in [1.82, 2.24) is 14.8 Å². The van der Waals surface area contributed by atoms with E-state index in [1.54, 1.807) is 6.20 Å². The summed E-state index contributed by atoms with van der Waals surface area (Å²) < 4.78 is 0.610. The van der Waals surface area contributed by atoms with Gasteiger partial charge in [-0.1, -0.05) is 12.5 Å². The summed E-state index contributed by atoms with van der Waals surface area (Å²) in [5.74, 6) is 0.335. The van der Waals surface area contributed by atoms with Gasteiger partial charge < -0.3 is 21.8 Å². The summed E-state index contributed by atoms with van der Waals surface area (Å²) in [6, 6.07) is 10.2. The van der Waals surface area contributed by atoms with E-state index >= 15 is 0 Å². The normalized spacial score (nSPS) is 19.0. The number of hydrogen-bond donors (Lipinski definition) is 5. The topological polar surface area (TPSA) is 128 Å². The third-order valence-corrected chi connectivity index (χ3v) is 6.16. The van der Waals surface area contributed by atoms with E-state index in [-0.39, 0.29) is 0 Å². The van der Waals surface area contributed by atoms with E-state index in [0.29, 0.717) is 27.8 Å². The van der Waals surface area contributed by atoms with Crippen LogP contribution in [-0.2, 0) is 0 Å². The average Bonchev–Trinajstić information content (AvgIpc) is 2.79. The number of anilines is 3. The van der Waals surface area contributed by atoms with E-state index in [2.05, 4.69) is 40.2 Å². The maximum absolute atomic E-state index is 12.1. The molecule has 2 atom stereocenters. The molecule has 32 heavy (non-hydrogen) atoms. The molecule has 1 aromatic heterocycles. The molecule has 1 aliphatic rings. The van der Waals surface area contributed by atoms with Gasteiger partial charge in [-0.15, -0.1) is 0 Å². The summed E-state index contributed by atoms with van der Waals surface area (Å²) in [6.07, 6.45) is 8.71. The minimum absolute atomic E-state index is 0.336. The van der Waals surface area contributed by atoms with Gasteiger partial charge in [-0.25, -0.2) is 4.98 Å². The lowest BCUT2D eigenvalue weighted by atomic mass is 9.88. The van der Waals surface area contributed by atoms with Gasteiger partial charge in [0.1, 0.15) is 6.04 Å². The molecular weight excluding hydrogens is 404 g/mol. The Labute approximate surface area is 189 Å². The third-order valence-electron chi connectivity index (χ3n) is 6.16. The molecule has 1 fully saturated rings. The quantitative estimate of drug-likeness (QED) is 0.234. The largest absolute Gasteiger partial charge is 0.365 e. The van der Waals surface area contributed by atoms with Gasteiger partial charge in [0.05, 0.1) is 43.3 Å². The first-order chi connectivity index (χ1) is 15.4. The first kappa shape index (κ1) is 23.4. The van der Waals surface area contributed by atoms with Crippen LogP contribution in [0.15, 0.2) is 41.6 Å². The van der Waals surface area contributed by atoms with E-state index in [1.807, 2.05) is 37.4 Å². The number of quaternary nitrogens is 1. The molecule has 3 rings (SSSR count). The van der Waals surface area contributed by atoms with Crippen LogP contribution >= 0.6 is 0 Å². The number of benzene rings is 1. The fourth-order valence-electron chi connectivity index (χ4n) is 4.42. The summed E-state index contributed by atoms with van der Waals surface area (Å²) in [6.45, 7) is 0. The average molecular weight is 438 g/mol. The number of carbonyl (C=O) groups excluding carboxylic acids is 1. The zero-order chi connectivity index (χ0) is 23.1. The Morgan fingerprint density at radius 1 is 1.25 bits per heavy atom. The van der Waals surface area contributed by atoms with Crippen molar-refractivity contribution in [2.75, 3.05) is 31.9 Å². The van der Waals surface area contributed by atoms with Gasteiger partial charge in [0.25, 0.3) is 5.91 Å². The van der Waals surface area contributed by atoms with E-state index in [9.17, 15) is 4.79 Å². The van der Waals surface area contributed by atoms with E-state index in [4.69, 9.17) is 11.1 Å². The zero-order valence-electron chi connectivity index (χ0n) is 18.9. The van der Waals surface area contributed by atoms with Crippen LogP contribution < -0.4 is 26.3 Å². The Bertz CT molecular complexity index is 988. The number of likely N-dealkylation sites (N-methyl/N-ethyl adjacent to an activating group) is 2. The monoisotopic (exact) mass is 437 g/mol. The molecule has 9 heteroatoms. The maximum Gasteiger partial charge on any atom is 0.252 e. The van der Waals surface area contributed by atoms with Crippen molar-refractivity contribution in [3.63, 3.8) is 0 Å². The molecule has 0 radical (unpaired) electrons. The lowest BCUT2D eigenvalue weighted by molar-refractivity contribution is 0.100. The van der Waals surface area contributed by atoms with E-state index < -0.39 is 5.91 Å². The first-order valence-corrected chi connectivity index (χ1v) is 10.8. The predicted octanol–water partition coefficient (Wildman–Crippen LogP) is 3.07. The minimum Gasteiger partial charge on any atom is -0.365 e. The van der Waals surface area contributed by atoms with Crippen molar-refractivity contribution in [2.45, 2.75) is 37.8 Å². The number of nitrogens with two attached hydrogens (primary N) is 1. The smallest absolute Gasteiger partial charge is 0.252 e. The van der Waals surface area contributed by atoms with Gasteiger partial charge in [0, 0.05) is 30.6 Å². The summed E-state index contributed by atoms with van der Waals surface area (Å²) in [5.41, 5.74) is 11.0. The summed E-state index contributed by atoms with van der Waals surface area (Å²) in [4.78, 5) is 16.7. The molecular formula is C23H33N8O+. The number of carbonyl (C=O) groups is 1. The number of aromatic nitrogens is 1. The maximum atomic E-state index is 12.1. The van der Waals surface area contributed by atoms with Crippen LogP contribution in [0.25, 0.3) is 0 Å². The zero-order valence-corrected chi connectivity index (χ0v) is 18.9. The van der Waals surface area contributed by atoms with Crippen molar-refractivity contribution in [3.8, 4) is 0 Å². The van der Waals surface area contributed by atoms with E-state index in [1.165, 1.54) is 19.1 Å². The molecule has 0 aliphatic heterocycles. The second-order valence-corrected chi connectivity index (χ2v) is 8.50. The lowest BCUT2D eigenvalue weighted by Crippen LogP contribution is -2.60. The molecule has 9 nitrogen and oxygen atoms in total. The fraction of sp³-hybridized carbons (Fsp3) is 0.391. The molecule has 1 saturated carbocycles. The summed E-state index contributed by atoms with van der Waals surface area (Å²) in [5, 5.41) is 17.7. The second kappa shape index (κ2) is 10.3. The molecule has 0 bridgehead atoms. The van der Waals surface area contributed by atoms with E-state index in [0.717, 1.165) is 36.2 Å². The van der Waals surface area contributed by atoms with Crippen LogP contribution in [0.2, 0.25) is 0 Å². The number of nitrogens with one attached hydrogen (secondary N) is 4. The highest BCUT2D eigenvalue weighted by molar-refractivity contribution is 6.14. The van der Waals surface area contributed by atoms with Crippen molar-refractivity contribution < 1.29 is 4.79 Å². The molecule has 6 N–H and O–H groups in total. The van der Waals surface area contributed by atoms with Gasteiger partial charge in [-0.05, 0) is 38.1 Å². The Hall–Kier alpha value is -3.30. The number of hydrogen-bond acceptors (Lipinski definition) is 7. The number of pyridine rings is 1. The Balaban J connectivity index is 1.93. The molecule has 2 unspecified atom stereocenters. The van der Waals surface area contributed by atoms with Crippen LogP contribution in [-0.4, -0.2) is 56.5 Å². The Morgan fingerprint density at radius 3 is 2.72 bits per heavy atom. The highest BCUT2D eigenvalue weighted by Gasteiger charge is 2.39. The molecule has 1 aromatic carbocycles. The molecule has 1 amide bonds. The first-order valence-electron chi connectivity index (χ1n) is 10.8. The molecule has 1 heterocycles. The standard InChI is InChI=1S/C23H32N8O/c1-26-19-9-4-5-10-21(19)31(2,3)22-14-20(18(15-27-22)23(25)32)29-16-7-6-8-17(13-16)30-28-12-11-24/h6-8,11-15,19,21,26H,4-5,9-10H2,1-3H3,(H4-,24,25,27,29,30,32)/p+1. The van der Waals surface area contributed by atoms with Gasteiger partial charge >= 0.3 is 0 Å². The molecule has 170 valence electrons. The van der Waals surface area contributed by atoms with Crippen molar-refractivity contribution in [1.29, 1.82) is 5.41 Å². The highest BCUT2D eigenvalue weighted by Crippen LogP contribution is 2.33. The van der Waals surface area contributed by atoms with Crippen molar-refractivity contribution >= 4 is 41.2 Å². The predicted molar refractivity (Wildman–Crippen MR) is 132 cm³/mol. The summed E-state index contributed by atoms with van der Waals surface area (Å²) in [7, 11) is 6.36. The second-order valence-electron chi connectivity index (χ2n) is 8.50. The minimum atomic E-state index is -0.535. The number of nitrogens with zero attached hydrogens (tertiary/aromatic N) is 3. The van der Waals surface area contributed by atoms with Crippen molar-refractivity contribution in [3.05, 3.63) is 42.1 Å². The molecule has 2 aromatic rings. The Kier molecular flexibility index (Phi) is 7.55. The Morgan fingerprint density at radius 2 is 2.00 bits per heavy atom. The highest BCUT2D eigenvalue weighted by atomic mass is 16.1. The van der Waals surface area contributed by atoms with Crippen LogP contribution in [0.5, 0.6) is 0 Å². The van der Waals surface area contributed by atoms with Crippen LogP contribution in [0, 0.1) is 5.41 Å². The number of amides is 1. The number of primary amides is 1. The van der Waals surface area contributed by atoms with Crippen LogP contribution in [0.1, 0.15) is 36.0 Å². The molecule has 1 aliphatic carbocycles. The fourth-order valence-corrected chi connectivity index (χ4v) is 4.42. The van der Waals surface area contributed by atoms with Gasteiger partial charge in [0.15, 0.2) is 0 Å². The van der Waals surface area contributed by atoms with Crippen LogP contribution in [0.3, 0.4) is 0 Å². The third kappa shape index (κ3) is 5.30. The lowest BCUT2D eigenvalue weighted by Gasteiger charge is -2.43. The summed E-state index contributed by atoms with van der Waals surface area (Å²) >= 11 is 0. The molecule has 0 spiro atoms. The van der Waals surface area contributed by atoms with Gasteiger partial charge in [-0.2, -0.15) is 5.10 Å². The number of rotatable bonds is 9. The molecule has 0 saturated heterocycles. The number of hydrazone groups is 1. The SMILES string of the molecule is CNC1CCCCC1[N+](C)(C)c1cc(Nc2cccc(NN=CC=N)c2)c(C(N)=O)cn1. The van der Waals surface area contributed by atoms with Gasteiger partial charge in [0.2, 0.25) is 5.82 Å². The van der Waals surface area contributed by atoms with Crippen LogP contribution in [0.4, 0.5) is 22.9 Å².